The van der Waals surface area contributed by atoms with E-state index in [0.29, 0.717) is 0 Å². The predicted octanol–water partition coefficient (Wildman–Crippen LogP) is 16.5. The molecule has 22 aromatic rings. The lowest BCUT2D eigenvalue weighted by molar-refractivity contribution is 1.17. The number of hydrogen-bond acceptors (Lipinski definition) is 0. The molecular weight excluding hydrogens is 1570 g/mol. The van der Waals surface area contributed by atoms with E-state index < -0.39 is 39.4 Å². The highest BCUT2D eigenvalue weighted by molar-refractivity contribution is 8.11. The third-order valence-electron chi connectivity index (χ3n) is 26.7. The topological polar surface area (TPSA) is 14.8 Å². The van der Waals surface area contributed by atoms with Crippen molar-refractivity contribution in [1.82, 2.24) is 13.4 Å². The largest absolute Gasteiger partial charge is 0.355 e. The van der Waals surface area contributed by atoms with Crippen LogP contribution in [0.5, 0.6) is 0 Å². The number of benzene rings is 19. The smallest absolute Gasteiger partial charge is 0.257 e. The quantitative estimate of drug-likeness (QED) is 0.0520. The zero-order valence-corrected chi connectivity index (χ0v) is 72.3. The van der Waals surface area contributed by atoms with Crippen LogP contribution in [0.4, 0.5) is 0 Å². The molecule has 0 fully saturated rings. The Kier molecular flexibility index (Phi) is 17.7. The van der Waals surface area contributed by atoms with Crippen LogP contribution in [-0.4, -0.2) is 44.1 Å². The third-order valence-corrected chi connectivity index (χ3v) is 50.4. The van der Waals surface area contributed by atoms with Crippen LogP contribution < -0.4 is 94.8 Å². The van der Waals surface area contributed by atoms with Crippen molar-refractivity contribution >= 4 is 206 Å². The van der Waals surface area contributed by atoms with E-state index in [-0.39, 0.29) is 6.71 Å². The summed E-state index contributed by atoms with van der Waals surface area (Å²) in [6.45, 7) is 0.00568. The van der Waals surface area contributed by atoms with Crippen molar-refractivity contribution in [2.45, 2.75) is 0 Å². The highest BCUT2D eigenvalue weighted by Gasteiger charge is 2.55. The zero-order chi connectivity index (χ0) is 81.2. The number of fused-ring (bicyclic) bond motifs is 13. The summed E-state index contributed by atoms with van der Waals surface area (Å²) in [6, 6.07) is 188. The van der Waals surface area contributed by atoms with Gasteiger partial charge in [-0.1, -0.05) is 435 Å². The molecule has 2 aliphatic rings. The maximum atomic E-state index is 2.84. The average molecular weight is 1650 g/mol. The maximum Gasteiger partial charge on any atom is 0.257 e. The van der Waals surface area contributed by atoms with Crippen LogP contribution in [0.1, 0.15) is 0 Å². The molecule has 9 heteroatoms. The van der Waals surface area contributed by atoms with Crippen molar-refractivity contribution in [3.63, 3.8) is 0 Å². The van der Waals surface area contributed by atoms with E-state index >= 15 is 0 Å². The first kappa shape index (κ1) is 73.1. The molecule has 123 heavy (non-hydrogen) atoms. The molecule has 2 unspecified atom stereocenters. The second kappa shape index (κ2) is 29.8. The van der Waals surface area contributed by atoms with Gasteiger partial charge in [0.05, 0.1) is 22.1 Å². The van der Waals surface area contributed by atoms with Gasteiger partial charge in [-0.3, -0.25) is 0 Å². The maximum absolute atomic E-state index is 3.52. The van der Waals surface area contributed by atoms with Crippen LogP contribution in [0, 0.1) is 0 Å². The fraction of sp³-hybridized carbons (Fsp3) is 0. The summed E-state index contributed by atoms with van der Waals surface area (Å²) in [7, 11) is -11.6. The molecule has 0 saturated heterocycles. The van der Waals surface area contributed by atoms with E-state index in [9.17, 15) is 0 Å². The second-order valence-corrected chi connectivity index (χ2v) is 50.6. The molecule has 0 spiro atoms. The van der Waals surface area contributed by atoms with Gasteiger partial charge in [0.2, 0.25) is 6.71 Å². The Bertz CT molecular complexity index is 7540. The minimum absolute atomic E-state index is 0.00568. The van der Waals surface area contributed by atoms with Crippen molar-refractivity contribution in [1.29, 1.82) is 0 Å². The van der Waals surface area contributed by atoms with E-state index in [1.54, 1.807) is 0 Å². The number of rotatable bonds is 16. The molecule has 0 saturated carbocycles. The summed E-state index contributed by atoms with van der Waals surface area (Å²) in [4.78, 5) is 0. The Morgan fingerprint density at radius 3 is 1.15 bits per heavy atom. The van der Waals surface area contributed by atoms with Gasteiger partial charge in [-0.2, -0.15) is 0 Å². The first-order valence-corrected chi connectivity index (χ1v) is 52.2. The molecule has 2 aliphatic heterocycles. The number of hydrogen-bond donors (Lipinski definition) is 0. The first-order valence-electron chi connectivity index (χ1n) is 42.7. The van der Waals surface area contributed by atoms with E-state index in [0.717, 1.165) is 22.4 Å². The average Bonchev–Trinajstić information content (AvgIpc) is 1.16. The molecule has 0 amide bonds. The van der Waals surface area contributed by atoms with Gasteiger partial charge in [0.25, 0.3) is 8.24 Å². The van der Waals surface area contributed by atoms with Crippen molar-refractivity contribution in [3.05, 3.63) is 485 Å². The van der Waals surface area contributed by atoms with Crippen molar-refractivity contribution < 1.29 is 0 Å². The molecule has 0 radical (unpaired) electrons. The van der Waals surface area contributed by atoms with Crippen LogP contribution >= 0.6 is 15.4 Å². The van der Waals surface area contributed by atoms with E-state index in [2.05, 4.69) is 499 Å². The van der Waals surface area contributed by atoms with Gasteiger partial charge in [0.15, 0.2) is 15.8 Å². The van der Waals surface area contributed by atoms with Crippen molar-refractivity contribution in [3.8, 4) is 22.5 Å². The van der Waals surface area contributed by atoms with Crippen molar-refractivity contribution in [2.24, 2.45) is 0 Å². The Morgan fingerprint density at radius 2 is 0.593 bits per heavy atom. The van der Waals surface area contributed by atoms with E-state index in [1.807, 2.05) is 0 Å². The highest BCUT2D eigenvalue weighted by atomic mass is 31.4. The Balaban J connectivity index is 0.733. The molecule has 0 aliphatic carbocycles. The van der Waals surface area contributed by atoms with Crippen LogP contribution in [-0.2, 0) is 0 Å². The van der Waals surface area contributed by atoms with E-state index in [4.69, 9.17) is 0 Å². The van der Waals surface area contributed by atoms with Crippen LogP contribution in [0.2, 0.25) is 0 Å². The molecule has 0 N–H and O–H groups in total. The zero-order valence-electron chi connectivity index (χ0n) is 67.5. The fourth-order valence-corrected chi connectivity index (χ4v) is 47.5. The Labute approximate surface area is 722 Å². The predicted molar refractivity (Wildman–Crippen MR) is 537 cm³/mol. The Hall–Kier alpha value is -13.8. The second-order valence-electron chi connectivity index (χ2n) is 32.9. The fourth-order valence-electron chi connectivity index (χ4n) is 21.8. The van der Waals surface area contributed by atoms with Gasteiger partial charge in [-0.25, -0.2) is 0 Å². The minimum atomic E-state index is -3.52. The van der Waals surface area contributed by atoms with Gasteiger partial charge in [0, 0.05) is 54.7 Å². The number of nitrogens with zero attached hydrogens (tertiary/aromatic N) is 3. The lowest BCUT2D eigenvalue weighted by Gasteiger charge is -2.48. The first-order chi connectivity index (χ1) is 61.1. The van der Waals surface area contributed by atoms with Crippen LogP contribution in [0.25, 0.3) is 87.9 Å². The molecular formula is C114H80BN3P2Si3. The molecule has 19 aromatic carbocycles. The standard InChI is InChI=1S/C114H80BN3P2Si3/c1-10-39-85(40-11-1)119-110-65-35-31-61-102(110)115-103-77-82(69-75-111(103)120(113-67-37-66-112(119)114(113)115)123(91-51-22-7-23-52-91,92-53-24-8-25-54-92)93-55-26-9-27-56-93)81-68-72-109-99(76-81)98-60-30-34-64-108(98)118(109)122(89-47-18-5-19-48-89,90-49-20-6-21-50-90)95-57-36-38-83(78-95)116-106-73-70-84(117-104-62-32-28-58-96(104)97-59-29-33-63-105(97)117)79-100(106)101-80-94(71-74-107(101)116)121(86-41-12-2-13-42-86,87-43-14-3-15-44-87)88-45-16-4-17-46-88/h1-80H. The molecule has 576 valence electrons. The summed E-state index contributed by atoms with van der Waals surface area (Å²) in [6.07, 6.45) is 0. The van der Waals surface area contributed by atoms with Gasteiger partial charge in [0.1, 0.15) is 0 Å². The van der Waals surface area contributed by atoms with Crippen molar-refractivity contribution in [2.75, 3.05) is 0 Å². The summed E-state index contributed by atoms with van der Waals surface area (Å²) in [5.41, 5.74) is 16.1. The molecule has 3 aromatic heterocycles. The molecule has 5 heterocycles. The highest BCUT2D eigenvalue weighted by Crippen LogP contribution is 2.48. The number of aromatic nitrogens is 3. The SMILES string of the molecule is c1ccc(P2c3ccccc3B3c4cc(-c5ccc6c(c5)c5ccccc5n6[Si](c5ccccc5)(c5ccccc5)c5cccc(-n6c7ccc(-n8c9ccccc9c9ccccc98)cc7c7cc([Si](c8ccccc8)(c8ccccc8)c8ccccc8)ccc76)c5)ccc4P([Si](c4ccccc4)(c4ccccc4)c4ccccc4)c4cccc2c43)cc1. The van der Waals surface area contributed by atoms with Crippen LogP contribution in [0.3, 0.4) is 0 Å². The van der Waals surface area contributed by atoms with Gasteiger partial charge >= 0.3 is 0 Å². The molecule has 0 bridgehead atoms. The minimum Gasteiger partial charge on any atom is -0.355 e. The van der Waals surface area contributed by atoms with E-state index in [1.165, 1.54) is 160 Å². The summed E-state index contributed by atoms with van der Waals surface area (Å²) >= 11 is 0. The third kappa shape index (κ3) is 11.2. The monoisotopic (exact) mass is 1650 g/mol. The molecule has 24 rings (SSSR count). The van der Waals surface area contributed by atoms with Gasteiger partial charge < -0.3 is 13.4 Å². The van der Waals surface area contributed by atoms with Gasteiger partial charge in [-0.15, -0.1) is 0 Å². The summed E-state index contributed by atoms with van der Waals surface area (Å²) < 4.78 is 7.90. The summed E-state index contributed by atoms with van der Waals surface area (Å²) in [5.74, 6) is 0. The molecule has 3 nitrogen and oxygen atoms in total. The summed E-state index contributed by atoms with van der Waals surface area (Å²) in [5, 5.41) is 28.2. The number of para-hydroxylation sites is 3. The van der Waals surface area contributed by atoms with Crippen LogP contribution in [0.15, 0.2) is 485 Å². The molecule has 2 atom stereocenters. The lowest BCUT2D eigenvalue weighted by Crippen LogP contribution is -2.77. The Morgan fingerprint density at radius 1 is 0.211 bits per heavy atom. The lowest BCUT2D eigenvalue weighted by atomic mass is 9.36. The van der Waals surface area contributed by atoms with Gasteiger partial charge in [-0.05, 0) is 172 Å². The normalized spacial score (nSPS) is 13.8.